The fraction of sp³-hybridized carbons (Fsp3) is 0.333. The van der Waals surface area contributed by atoms with E-state index in [1.54, 1.807) is 0 Å². The predicted octanol–water partition coefficient (Wildman–Crippen LogP) is 2.65. The summed E-state index contributed by atoms with van der Waals surface area (Å²) in [5.74, 6) is 0. The molecule has 0 aliphatic rings. The molecule has 1 atom stereocenters. The van der Waals surface area contributed by atoms with Crippen molar-refractivity contribution in [2.45, 2.75) is 6.10 Å². The van der Waals surface area contributed by atoms with Crippen molar-refractivity contribution < 1.29 is 15.1 Å². The number of benzene rings is 1. The van der Waals surface area contributed by atoms with Gasteiger partial charge in [-0.15, -0.1) is 0 Å². The lowest BCUT2D eigenvalue weighted by Crippen LogP contribution is -2.23. The van der Waals surface area contributed by atoms with Gasteiger partial charge >= 0.3 is 0 Å². The van der Waals surface area contributed by atoms with Gasteiger partial charge in [-0.25, -0.2) is 0 Å². The van der Waals surface area contributed by atoms with Crippen LogP contribution in [0.15, 0.2) is 19.5 Å². The summed E-state index contributed by atoms with van der Waals surface area (Å²) in [4.78, 5) is 10.4. The summed E-state index contributed by atoms with van der Waals surface area (Å²) in [5.41, 5.74) is 0.330. The van der Waals surface area contributed by atoms with E-state index in [1.165, 1.54) is 6.07 Å². The Hall–Kier alpha value is -0.220. The summed E-state index contributed by atoms with van der Waals surface area (Å²) in [6.07, 6.45) is -0.938. The van der Waals surface area contributed by atoms with Gasteiger partial charge in [-0.1, -0.05) is 0 Å². The van der Waals surface area contributed by atoms with Crippen molar-refractivity contribution in [3.63, 3.8) is 0 Å². The van der Waals surface area contributed by atoms with E-state index in [1.807, 2.05) is 0 Å². The van der Waals surface area contributed by atoms with E-state index in [0.29, 0.717) is 14.6 Å². The Morgan fingerprint density at radius 2 is 2.00 bits per heavy atom. The molecule has 0 spiro atoms. The van der Waals surface area contributed by atoms with Gasteiger partial charge in [0, 0.05) is 11.0 Å². The molecular weight excluding hydrogens is 440 g/mol. The summed E-state index contributed by atoms with van der Waals surface area (Å²) in [6.45, 7) is -0.312. The molecule has 1 rings (SSSR count). The summed E-state index contributed by atoms with van der Waals surface area (Å²) in [6, 6.07) is 1.54. The van der Waals surface area contributed by atoms with Gasteiger partial charge in [0.15, 0.2) is 0 Å². The fourth-order valence-corrected chi connectivity index (χ4v) is 3.88. The SMILES string of the molecule is O=[N+]([O-])c1c(Br)cc(Br)c(NCC(O)CO)c1Br. The third kappa shape index (κ3) is 3.64. The number of hydrogen-bond acceptors (Lipinski definition) is 5. The summed E-state index contributed by atoms with van der Waals surface area (Å²) >= 11 is 9.52. The molecule has 0 radical (unpaired) electrons. The number of aliphatic hydroxyl groups excluding tert-OH is 2. The van der Waals surface area contributed by atoms with E-state index < -0.39 is 11.0 Å². The summed E-state index contributed by atoms with van der Waals surface area (Å²) in [7, 11) is 0. The molecule has 100 valence electrons. The first kappa shape index (κ1) is 15.8. The largest absolute Gasteiger partial charge is 0.394 e. The lowest BCUT2D eigenvalue weighted by Gasteiger charge is -2.14. The third-order valence-corrected chi connectivity index (χ3v) is 4.06. The van der Waals surface area contributed by atoms with Crippen LogP contribution in [0.4, 0.5) is 11.4 Å². The Bertz CT molecular complexity index is 470. The highest BCUT2D eigenvalue weighted by Gasteiger charge is 2.23. The van der Waals surface area contributed by atoms with Crippen LogP contribution in [-0.4, -0.2) is 34.4 Å². The first-order valence-corrected chi connectivity index (χ1v) is 7.11. The van der Waals surface area contributed by atoms with Crippen LogP contribution in [0.25, 0.3) is 0 Å². The number of anilines is 1. The van der Waals surface area contributed by atoms with Crippen LogP contribution < -0.4 is 5.32 Å². The van der Waals surface area contributed by atoms with Crippen LogP contribution in [-0.2, 0) is 0 Å². The molecule has 0 aromatic heterocycles. The van der Waals surface area contributed by atoms with Crippen molar-refractivity contribution >= 4 is 59.2 Å². The molecule has 3 N–H and O–H groups in total. The van der Waals surface area contributed by atoms with Gasteiger partial charge in [0.25, 0.3) is 5.69 Å². The molecule has 0 aliphatic heterocycles. The third-order valence-electron chi connectivity index (χ3n) is 2.05. The average Bonchev–Trinajstić information content (AvgIpc) is 2.27. The second-order valence-corrected chi connectivity index (χ2v) is 5.85. The number of rotatable bonds is 5. The highest BCUT2D eigenvalue weighted by atomic mass is 79.9. The van der Waals surface area contributed by atoms with Gasteiger partial charge in [-0.05, 0) is 53.9 Å². The second kappa shape index (κ2) is 6.80. The Balaban J connectivity index is 3.11. The lowest BCUT2D eigenvalue weighted by atomic mass is 10.2. The Morgan fingerprint density at radius 1 is 1.39 bits per heavy atom. The first-order chi connectivity index (χ1) is 8.38. The van der Waals surface area contributed by atoms with Gasteiger partial charge in [-0.3, -0.25) is 10.1 Å². The van der Waals surface area contributed by atoms with E-state index in [4.69, 9.17) is 5.11 Å². The van der Waals surface area contributed by atoms with Crippen molar-refractivity contribution in [3.8, 4) is 0 Å². The van der Waals surface area contributed by atoms with E-state index in [-0.39, 0.29) is 23.3 Å². The molecule has 6 nitrogen and oxygen atoms in total. The standard InChI is InChI=1S/C9H9Br3N2O4/c10-5-1-6(11)9(14(17)18)7(12)8(5)13-2-4(16)3-15/h1,4,13,15-16H,2-3H2. The molecule has 1 aromatic carbocycles. The monoisotopic (exact) mass is 446 g/mol. The first-order valence-electron chi connectivity index (χ1n) is 4.73. The maximum atomic E-state index is 10.9. The van der Waals surface area contributed by atoms with Crippen LogP contribution in [0.5, 0.6) is 0 Å². The molecule has 0 bridgehead atoms. The summed E-state index contributed by atoms with van der Waals surface area (Å²) in [5, 5.41) is 31.7. The van der Waals surface area contributed by atoms with E-state index in [0.717, 1.165) is 0 Å². The number of nitro groups is 1. The molecule has 0 amide bonds. The van der Waals surface area contributed by atoms with Crippen LogP contribution in [0.1, 0.15) is 0 Å². The number of nitrogens with zero attached hydrogens (tertiary/aromatic N) is 1. The van der Waals surface area contributed by atoms with Crippen LogP contribution in [0.2, 0.25) is 0 Å². The normalized spacial score (nSPS) is 12.3. The molecule has 0 heterocycles. The number of halogens is 3. The Morgan fingerprint density at radius 3 is 2.50 bits per heavy atom. The molecule has 0 saturated heterocycles. The topological polar surface area (TPSA) is 95.6 Å². The highest BCUT2D eigenvalue weighted by molar-refractivity contribution is 9.11. The smallest absolute Gasteiger partial charge is 0.299 e. The van der Waals surface area contributed by atoms with E-state index in [2.05, 4.69) is 53.1 Å². The molecule has 9 heteroatoms. The van der Waals surface area contributed by atoms with Crippen LogP contribution in [0.3, 0.4) is 0 Å². The molecule has 0 aliphatic carbocycles. The average molecular weight is 449 g/mol. The number of hydrogen-bond donors (Lipinski definition) is 3. The Kier molecular flexibility index (Phi) is 5.99. The van der Waals surface area contributed by atoms with Crippen molar-refractivity contribution in [2.24, 2.45) is 0 Å². The van der Waals surface area contributed by atoms with Crippen LogP contribution >= 0.6 is 47.8 Å². The van der Waals surface area contributed by atoms with E-state index >= 15 is 0 Å². The minimum Gasteiger partial charge on any atom is -0.394 e. The van der Waals surface area contributed by atoms with Crippen molar-refractivity contribution in [1.29, 1.82) is 0 Å². The maximum Gasteiger partial charge on any atom is 0.299 e. The van der Waals surface area contributed by atoms with Gasteiger partial charge in [0.1, 0.15) is 4.47 Å². The summed E-state index contributed by atoms with van der Waals surface area (Å²) < 4.78 is 1.19. The second-order valence-electron chi connectivity index (χ2n) is 3.35. The zero-order valence-electron chi connectivity index (χ0n) is 8.86. The predicted molar refractivity (Wildman–Crippen MR) is 77.8 cm³/mol. The number of nitro benzene ring substituents is 1. The van der Waals surface area contributed by atoms with Gasteiger partial charge in [0.2, 0.25) is 0 Å². The van der Waals surface area contributed by atoms with Crippen molar-refractivity contribution in [3.05, 3.63) is 29.6 Å². The fourth-order valence-electron chi connectivity index (χ4n) is 1.19. The molecule has 0 saturated carbocycles. The minimum absolute atomic E-state index is 0.0759. The lowest BCUT2D eigenvalue weighted by molar-refractivity contribution is -0.386. The zero-order valence-corrected chi connectivity index (χ0v) is 13.6. The molecule has 18 heavy (non-hydrogen) atoms. The highest BCUT2D eigenvalue weighted by Crippen LogP contribution is 2.43. The van der Waals surface area contributed by atoms with E-state index in [9.17, 15) is 15.2 Å². The zero-order chi connectivity index (χ0) is 13.9. The van der Waals surface area contributed by atoms with Gasteiger partial charge in [-0.2, -0.15) is 0 Å². The molecule has 1 aromatic rings. The number of nitrogens with one attached hydrogen (secondary N) is 1. The maximum absolute atomic E-state index is 10.9. The van der Waals surface area contributed by atoms with Gasteiger partial charge in [0.05, 0.1) is 27.8 Å². The molecule has 0 fully saturated rings. The number of aliphatic hydroxyl groups is 2. The van der Waals surface area contributed by atoms with Crippen LogP contribution in [0, 0.1) is 10.1 Å². The molecule has 1 unspecified atom stereocenters. The van der Waals surface area contributed by atoms with Crippen molar-refractivity contribution in [1.82, 2.24) is 0 Å². The van der Waals surface area contributed by atoms with Crippen molar-refractivity contribution in [2.75, 3.05) is 18.5 Å². The Labute approximate surface area is 128 Å². The molecular formula is C9H9Br3N2O4. The minimum atomic E-state index is -0.938. The van der Waals surface area contributed by atoms with Gasteiger partial charge < -0.3 is 15.5 Å². The quantitative estimate of drug-likeness (QED) is 0.475.